The van der Waals surface area contributed by atoms with Crippen LogP contribution in [0.3, 0.4) is 0 Å². The predicted molar refractivity (Wildman–Crippen MR) is 105 cm³/mol. The summed E-state index contributed by atoms with van der Waals surface area (Å²) >= 11 is 1.74. The lowest BCUT2D eigenvalue weighted by molar-refractivity contribution is -0.115. The van der Waals surface area contributed by atoms with Crippen LogP contribution in [-0.4, -0.2) is 31.7 Å². The summed E-state index contributed by atoms with van der Waals surface area (Å²) in [5.74, 6) is 0.366. The number of amides is 1. The van der Waals surface area contributed by atoms with Crippen molar-refractivity contribution in [1.29, 1.82) is 0 Å². The average Bonchev–Trinajstić information content (AvgIpc) is 3.16. The molecule has 1 aromatic heterocycles. The van der Waals surface area contributed by atoms with Crippen LogP contribution < -0.4 is 5.32 Å². The van der Waals surface area contributed by atoms with E-state index in [1.807, 2.05) is 6.07 Å². The summed E-state index contributed by atoms with van der Waals surface area (Å²) in [4.78, 5) is 13.2. The van der Waals surface area contributed by atoms with Gasteiger partial charge in [-0.05, 0) is 60.9 Å². The highest BCUT2D eigenvalue weighted by molar-refractivity contribution is 7.89. The molecule has 1 fully saturated rings. The zero-order valence-electron chi connectivity index (χ0n) is 15.1. The van der Waals surface area contributed by atoms with Crippen molar-refractivity contribution in [3.05, 3.63) is 46.2 Å². The first-order chi connectivity index (χ1) is 12.4. The van der Waals surface area contributed by atoms with E-state index in [2.05, 4.69) is 16.8 Å². The molecule has 0 aliphatic carbocycles. The number of nitrogens with zero attached hydrogens (tertiary/aromatic N) is 1. The van der Waals surface area contributed by atoms with Crippen molar-refractivity contribution in [1.82, 2.24) is 4.31 Å². The van der Waals surface area contributed by atoms with Crippen LogP contribution in [0.15, 0.2) is 40.6 Å². The second kappa shape index (κ2) is 7.90. The van der Waals surface area contributed by atoms with E-state index in [1.165, 1.54) is 4.88 Å². The smallest absolute Gasteiger partial charge is 0.243 e. The van der Waals surface area contributed by atoms with Gasteiger partial charge in [0, 0.05) is 30.1 Å². The molecule has 26 heavy (non-hydrogen) atoms. The number of nitrogens with one attached hydrogen (secondary N) is 1. The summed E-state index contributed by atoms with van der Waals surface area (Å²) in [5.41, 5.74) is 1.28. The fraction of sp³-hybridized carbons (Fsp3) is 0.421. The molecule has 0 unspecified atom stereocenters. The van der Waals surface area contributed by atoms with E-state index < -0.39 is 10.0 Å². The van der Waals surface area contributed by atoms with Crippen molar-refractivity contribution < 1.29 is 13.2 Å². The Labute approximate surface area is 159 Å². The van der Waals surface area contributed by atoms with Crippen LogP contribution in [0.4, 0.5) is 5.69 Å². The molecule has 3 rings (SSSR count). The van der Waals surface area contributed by atoms with E-state index in [9.17, 15) is 13.2 Å². The topological polar surface area (TPSA) is 66.5 Å². The Hall–Kier alpha value is -1.70. The molecule has 1 saturated heterocycles. The number of piperidine rings is 1. The van der Waals surface area contributed by atoms with Crippen LogP contribution in [0.25, 0.3) is 0 Å². The molecule has 2 aromatic rings. The van der Waals surface area contributed by atoms with Crippen LogP contribution in [0.2, 0.25) is 0 Å². The Bertz CT molecular complexity index is 868. The minimum absolute atomic E-state index is 0.0874. The van der Waals surface area contributed by atoms with Gasteiger partial charge in [0.1, 0.15) is 0 Å². The molecule has 7 heteroatoms. The third-order valence-corrected chi connectivity index (χ3v) is 7.89. The van der Waals surface area contributed by atoms with Crippen LogP contribution in [0.1, 0.15) is 42.5 Å². The third-order valence-electron chi connectivity index (χ3n) is 4.80. The summed E-state index contributed by atoms with van der Waals surface area (Å²) in [6.45, 7) is 4.63. The lowest BCUT2D eigenvalue weighted by atomic mass is 9.97. The van der Waals surface area contributed by atoms with E-state index in [1.54, 1.807) is 47.7 Å². The molecule has 1 amide bonds. The van der Waals surface area contributed by atoms with E-state index in [0.717, 1.165) is 12.8 Å². The van der Waals surface area contributed by atoms with Gasteiger partial charge in [-0.3, -0.25) is 4.79 Å². The van der Waals surface area contributed by atoms with Gasteiger partial charge in [-0.2, -0.15) is 4.31 Å². The van der Waals surface area contributed by atoms with Crippen molar-refractivity contribution in [2.45, 2.75) is 43.9 Å². The molecule has 1 aliphatic rings. The van der Waals surface area contributed by atoms with Crippen molar-refractivity contribution >= 4 is 33.0 Å². The first-order valence-electron chi connectivity index (χ1n) is 8.86. The van der Waals surface area contributed by atoms with Crippen LogP contribution >= 0.6 is 11.3 Å². The first kappa shape index (κ1) is 19.1. The molecule has 5 nitrogen and oxygen atoms in total. The monoisotopic (exact) mass is 392 g/mol. The highest BCUT2D eigenvalue weighted by Gasteiger charge is 2.31. The molecule has 0 saturated carbocycles. The number of anilines is 1. The zero-order chi connectivity index (χ0) is 18.7. The van der Waals surface area contributed by atoms with Gasteiger partial charge in [-0.1, -0.05) is 13.0 Å². The molecule has 1 aromatic carbocycles. The number of aryl methyl sites for hydroxylation is 1. The van der Waals surface area contributed by atoms with E-state index in [0.29, 0.717) is 41.6 Å². The molecule has 0 atom stereocenters. The highest BCUT2D eigenvalue weighted by atomic mass is 32.2. The van der Waals surface area contributed by atoms with Crippen molar-refractivity contribution in [2.24, 2.45) is 0 Å². The molecule has 0 radical (unpaired) electrons. The van der Waals surface area contributed by atoms with Crippen LogP contribution in [0.5, 0.6) is 0 Å². The normalized spacial score (nSPS) is 16.5. The molecule has 1 N–H and O–H groups in total. The van der Waals surface area contributed by atoms with E-state index >= 15 is 0 Å². The highest BCUT2D eigenvalue weighted by Crippen LogP contribution is 2.33. The Balaban J connectivity index is 1.73. The summed E-state index contributed by atoms with van der Waals surface area (Å²) in [5, 5.41) is 4.84. The minimum atomic E-state index is -3.51. The van der Waals surface area contributed by atoms with Gasteiger partial charge in [0.15, 0.2) is 0 Å². The number of carbonyl (C=O) groups excluding carboxylic acids is 1. The summed E-state index contributed by atoms with van der Waals surface area (Å²) in [7, 11) is -3.51. The maximum absolute atomic E-state index is 13.0. The Morgan fingerprint density at radius 3 is 2.58 bits per heavy atom. The molecular weight excluding hydrogens is 368 g/mol. The predicted octanol–water partition coefficient (Wildman–Crippen LogP) is 3.97. The fourth-order valence-electron chi connectivity index (χ4n) is 3.31. The molecule has 2 heterocycles. The van der Waals surface area contributed by atoms with E-state index in [-0.39, 0.29) is 5.91 Å². The summed E-state index contributed by atoms with van der Waals surface area (Å²) < 4.78 is 27.7. The van der Waals surface area contributed by atoms with Crippen molar-refractivity contribution in [3.63, 3.8) is 0 Å². The van der Waals surface area contributed by atoms with Crippen molar-refractivity contribution in [3.8, 4) is 0 Å². The number of hydrogen-bond donors (Lipinski definition) is 1. The molecular formula is C19H24N2O3S2. The van der Waals surface area contributed by atoms with E-state index in [4.69, 9.17) is 0 Å². The lowest BCUT2D eigenvalue weighted by Gasteiger charge is -2.31. The minimum Gasteiger partial charge on any atom is -0.326 e. The van der Waals surface area contributed by atoms with Crippen LogP contribution in [-0.2, 0) is 14.8 Å². The maximum Gasteiger partial charge on any atom is 0.243 e. The van der Waals surface area contributed by atoms with Gasteiger partial charge in [0.2, 0.25) is 15.9 Å². The van der Waals surface area contributed by atoms with Gasteiger partial charge >= 0.3 is 0 Å². The van der Waals surface area contributed by atoms with Gasteiger partial charge in [-0.15, -0.1) is 11.3 Å². The number of carbonyl (C=O) groups is 1. The van der Waals surface area contributed by atoms with Gasteiger partial charge in [-0.25, -0.2) is 8.42 Å². The second-order valence-corrected chi connectivity index (χ2v) is 9.46. The number of benzene rings is 1. The molecule has 140 valence electrons. The van der Waals surface area contributed by atoms with Gasteiger partial charge in [0.25, 0.3) is 0 Å². The maximum atomic E-state index is 13.0. The standard InChI is InChI=1S/C19H24N2O3S2/c1-3-19(22)20-16-6-7-18(14(2)13-16)26(23,24)21-10-8-15(9-11-21)17-5-4-12-25-17/h4-7,12-13,15H,3,8-11H2,1-2H3,(H,20,22). The number of hydrogen-bond acceptors (Lipinski definition) is 4. The SMILES string of the molecule is CCC(=O)Nc1ccc(S(=O)(=O)N2CCC(c3cccs3)CC2)c(C)c1. The number of sulfonamides is 1. The molecule has 1 aliphatic heterocycles. The molecule has 0 bridgehead atoms. The van der Waals surface area contributed by atoms with Crippen LogP contribution in [0, 0.1) is 6.92 Å². The zero-order valence-corrected chi connectivity index (χ0v) is 16.7. The lowest BCUT2D eigenvalue weighted by Crippen LogP contribution is -2.38. The fourth-order valence-corrected chi connectivity index (χ4v) is 5.88. The summed E-state index contributed by atoms with van der Waals surface area (Å²) in [6.07, 6.45) is 2.09. The molecule has 0 spiro atoms. The average molecular weight is 393 g/mol. The quantitative estimate of drug-likeness (QED) is 0.837. The Morgan fingerprint density at radius 2 is 2.00 bits per heavy atom. The Morgan fingerprint density at radius 1 is 1.27 bits per heavy atom. The number of rotatable bonds is 5. The van der Waals surface area contributed by atoms with Crippen molar-refractivity contribution in [2.75, 3.05) is 18.4 Å². The first-order valence-corrected chi connectivity index (χ1v) is 11.2. The van der Waals surface area contributed by atoms with Gasteiger partial charge < -0.3 is 5.32 Å². The Kier molecular flexibility index (Phi) is 5.79. The number of thiophene rings is 1. The van der Waals surface area contributed by atoms with Gasteiger partial charge in [0.05, 0.1) is 4.90 Å². The largest absolute Gasteiger partial charge is 0.326 e. The second-order valence-electron chi connectivity index (χ2n) is 6.58. The summed E-state index contributed by atoms with van der Waals surface area (Å²) in [6, 6.07) is 9.16. The third kappa shape index (κ3) is 4.00.